The molecule has 0 atom stereocenters. The minimum atomic E-state index is 0.0592. The number of anilines is 1. The van der Waals surface area contributed by atoms with Crippen molar-refractivity contribution in [3.63, 3.8) is 0 Å². The first-order chi connectivity index (χ1) is 10.2. The Hall–Kier alpha value is -2.05. The molecular formula is C14H20N4O3. The molecule has 2 saturated heterocycles. The molecule has 0 unspecified atom stereocenters. The normalized spacial score (nSPS) is 18.6. The van der Waals surface area contributed by atoms with Gasteiger partial charge in [-0.25, -0.2) is 0 Å². The highest BCUT2D eigenvalue weighted by molar-refractivity contribution is 5.82. The highest BCUT2D eigenvalue weighted by Crippen LogP contribution is 2.27. The van der Waals surface area contributed by atoms with Crippen molar-refractivity contribution in [2.45, 2.75) is 12.8 Å². The zero-order chi connectivity index (χ0) is 14.8. The maximum atomic E-state index is 12.3. The van der Waals surface area contributed by atoms with Crippen molar-refractivity contribution in [2.24, 2.45) is 5.92 Å². The number of aromatic nitrogens is 2. The molecule has 0 aromatic carbocycles. The lowest BCUT2D eigenvalue weighted by atomic mass is 9.99. The Morgan fingerprint density at radius 2 is 1.71 bits per heavy atom. The lowest BCUT2D eigenvalue weighted by Gasteiger charge is -2.39. The average Bonchev–Trinajstić information content (AvgIpc) is 2.99. The Labute approximate surface area is 123 Å². The van der Waals surface area contributed by atoms with Gasteiger partial charge in [0, 0.05) is 26.2 Å². The SMILES string of the molecule is COc1cc(OC)nc(N2CC(C(=O)N3CCCC3)C2)n1. The van der Waals surface area contributed by atoms with Crippen molar-refractivity contribution >= 4 is 11.9 Å². The van der Waals surface area contributed by atoms with Gasteiger partial charge in [-0.1, -0.05) is 0 Å². The number of hydrogen-bond acceptors (Lipinski definition) is 6. The summed E-state index contributed by atoms with van der Waals surface area (Å²) in [7, 11) is 3.11. The van der Waals surface area contributed by atoms with Crippen LogP contribution in [0.25, 0.3) is 0 Å². The van der Waals surface area contributed by atoms with E-state index < -0.39 is 0 Å². The molecule has 21 heavy (non-hydrogen) atoms. The number of ether oxygens (including phenoxy) is 2. The van der Waals surface area contributed by atoms with E-state index in [1.54, 1.807) is 20.3 Å². The summed E-state index contributed by atoms with van der Waals surface area (Å²) in [5.41, 5.74) is 0. The molecule has 1 aromatic rings. The molecule has 2 aliphatic rings. The molecule has 2 aliphatic heterocycles. The summed E-state index contributed by atoms with van der Waals surface area (Å²) in [6, 6.07) is 1.64. The zero-order valence-electron chi connectivity index (χ0n) is 12.4. The molecule has 1 amide bonds. The molecule has 0 spiro atoms. The van der Waals surface area contributed by atoms with Gasteiger partial charge in [0.1, 0.15) is 0 Å². The number of carbonyl (C=O) groups is 1. The monoisotopic (exact) mass is 292 g/mol. The number of rotatable bonds is 4. The second kappa shape index (κ2) is 5.75. The largest absolute Gasteiger partial charge is 0.481 e. The Morgan fingerprint density at radius 3 is 2.24 bits per heavy atom. The Bertz CT molecular complexity index is 503. The number of nitrogens with zero attached hydrogens (tertiary/aromatic N) is 4. The fraction of sp³-hybridized carbons (Fsp3) is 0.643. The standard InChI is InChI=1S/C14H20N4O3/c1-20-11-7-12(21-2)16-14(15-11)18-8-10(9-18)13(19)17-5-3-4-6-17/h7,10H,3-6,8-9H2,1-2H3. The third kappa shape index (κ3) is 2.72. The first-order valence-electron chi connectivity index (χ1n) is 7.22. The Morgan fingerprint density at radius 1 is 1.14 bits per heavy atom. The molecule has 7 heteroatoms. The van der Waals surface area contributed by atoms with E-state index in [0.717, 1.165) is 25.9 Å². The van der Waals surface area contributed by atoms with Crippen LogP contribution < -0.4 is 14.4 Å². The van der Waals surface area contributed by atoms with Gasteiger partial charge in [0.15, 0.2) is 0 Å². The number of hydrogen-bond donors (Lipinski definition) is 0. The van der Waals surface area contributed by atoms with Crippen LogP contribution in [0.15, 0.2) is 6.07 Å². The highest BCUT2D eigenvalue weighted by Gasteiger charge is 2.37. The van der Waals surface area contributed by atoms with Gasteiger partial charge in [-0.3, -0.25) is 4.79 Å². The molecule has 2 fully saturated rings. The van der Waals surface area contributed by atoms with Gasteiger partial charge in [-0.05, 0) is 12.8 Å². The van der Waals surface area contributed by atoms with Crippen molar-refractivity contribution in [3.05, 3.63) is 6.07 Å². The molecule has 0 saturated carbocycles. The van der Waals surface area contributed by atoms with Gasteiger partial charge < -0.3 is 19.3 Å². The number of likely N-dealkylation sites (tertiary alicyclic amines) is 1. The van der Waals surface area contributed by atoms with E-state index in [2.05, 4.69) is 9.97 Å². The Kier molecular flexibility index (Phi) is 3.81. The quantitative estimate of drug-likeness (QED) is 0.807. The topological polar surface area (TPSA) is 67.8 Å². The summed E-state index contributed by atoms with van der Waals surface area (Å²) in [6.07, 6.45) is 2.25. The molecular weight excluding hydrogens is 272 g/mol. The summed E-state index contributed by atoms with van der Waals surface area (Å²) in [5, 5.41) is 0. The van der Waals surface area contributed by atoms with E-state index >= 15 is 0 Å². The number of carbonyl (C=O) groups excluding carboxylic acids is 1. The first kappa shape index (κ1) is 13.9. The minimum absolute atomic E-state index is 0.0592. The molecule has 114 valence electrons. The van der Waals surface area contributed by atoms with Crippen molar-refractivity contribution in [1.82, 2.24) is 14.9 Å². The van der Waals surface area contributed by atoms with E-state index in [1.165, 1.54) is 0 Å². The Balaban J connectivity index is 1.64. The van der Waals surface area contributed by atoms with Crippen molar-refractivity contribution in [3.8, 4) is 11.8 Å². The maximum absolute atomic E-state index is 12.3. The summed E-state index contributed by atoms with van der Waals surface area (Å²) >= 11 is 0. The fourth-order valence-electron chi connectivity index (χ4n) is 2.74. The van der Waals surface area contributed by atoms with Crippen LogP contribution in [0.5, 0.6) is 11.8 Å². The summed E-state index contributed by atoms with van der Waals surface area (Å²) in [6.45, 7) is 3.12. The van der Waals surface area contributed by atoms with Gasteiger partial charge in [0.05, 0.1) is 26.2 Å². The second-order valence-electron chi connectivity index (χ2n) is 5.39. The molecule has 0 aliphatic carbocycles. The molecule has 0 N–H and O–H groups in total. The molecule has 0 bridgehead atoms. The molecule has 7 nitrogen and oxygen atoms in total. The summed E-state index contributed by atoms with van der Waals surface area (Å²) < 4.78 is 10.3. The van der Waals surface area contributed by atoms with E-state index in [-0.39, 0.29) is 11.8 Å². The van der Waals surface area contributed by atoms with Gasteiger partial charge >= 0.3 is 0 Å². The van der Waals surface area contributed by atoms with E-state index in [0.29, 0.717) is 30.8 Å². The number of methoxy groups -OCH3 is 2. The zero-order valence-corrected chi connectivity index (χ0v) is 12.4. The second-order valence-corrected chi connectivity index (χ2v) is 5.39. The van der Waals surface area contributed by atoms with Crippen LogP contribution in [-0.2, 0) is 4.79 Å². The van der Waals surface area contributed by atoms with Gasteiger partial charge in [0.2, 0.25) is 23.6 Å². The third-order valence-corrected chi connectivity index (χ3v) is 4.02. The van der Waals surface area contributed by atoms with E-state index in [4.69, 9.17) is 9.47 Å². The summed E-state index contributed by atoms with van der Waals surface area (Å²) in [5.74, 6) is 1.80. The van der Waals surface area contributed by atoms with Gasteiger partial charge in [-0.15, -0.1) is 0 Å². The van der Waals surface area contributed by atoms with Gasteiger partial charge in [0.25, 0.3) is 0 Å². The minimum Gasteiger partial charge on any atom is -0.481 e. The predicted octanol–water partition coefficient (Wildman–Crippen LogP) is 0.552. The molecule has 3 heterocycles. The molecule has 3 rings (SSSR count). The van der Waals surface area contributed by atoms with Gasteiger partial charge in [-0.2, -0.15) is 9.97 Å². The van der Waals surface area contributed by atoms with Crippen LogP contribution in [-0.4, -0.2) is 61.2 Å². The highest BCUT2D eigenvalue weighted by atomic mass is 16.5. The predicted molar refractivity (Wildman–Crippen MR) is 76.7 cm³/mol. The third-order valence-electron chi connectivity index (χ3n) is 4.02. The lowest BCUT2D eigenvalue weighted by Crippen LogP contribution is -2.54. The van der Waals surface area contributed by atoms with Crippen LogP contribution in [0.1, 0.15) is 12.8 Å². The average molecular weight is 292 g/mol. The maximum Gasteiger partial charge on any atom is 0.232 e. The van der Waals surface area contributed by atoms with Crippen LogP contribution >= 0.6 is 0 Å². The summed E-state index contributed by atoms with van der Waals surface area (Å²) in [4.78, 5) is 24.8. The number of amides is 1. The lowest BCUT2D eigenvalue weighted by molar-refractivity contribution is -0.135. The van der Waals surface area contributed by atoms with Crippen LogP contribution in [0.3, 0.4) is 0 Å². The molecule has 0 radical (unpaired) electrons. The van der Waals surface area contributed by atoms with E-state index in [1.807, 2.05) is 9.80 Å². The van der Waals surface area contributed by atoms with Crippen molar-refractivity contribution in [1.29, 1.82) is 0 Å². The van der Waals surface area contributed by atoms with Crippen molar-refractivity contribution < 1.29 is 14.3 Å². The smallest absolute Gasteiger partial charge is 0.232 e. The van der Waals surface area contributed by atoms with Crippen LogP contribution in [0.4, 0.5) is 5.95 Å². The van der Waals surface area contributed by atoms with Crippen LogP contribution in [0.2, 0.25) is 0 Å². The van der Waals surface area contributed by atoms with Crippen LogP contribution in [0, 0.1) is 5.92 Å². The molecule has 1 aromatic heterocycles. The van der Waals surface area contributed by atoms with E-state index in [9.17, 15) is 4.79 Å². The fourth-order valence-corrected chi connectivity index (χ4v) is 2.74. The first-order valence-corrected chi connectivity index (χ1v) is 7.22. The van der Waals surface area contributed by atoms with Crippen molar-refractivity contribution in [2.75, 3.05) is 45.3 Å².